The molecule has 0 fully saturated rings. The first-order chi connectivity index (χ1) is 14.5. The van der Waals surface area contributed by atoms with Crippen molar-refractivity contribution in [2.75, 3.05) is 0 Å². The number of aromatic nitrogens is 1. The summed E-state index contributed by atoms with van der Waals surface area (Å²) in [6.45, 7) is 2.56. The molecule has 3 rings (SSSR count). The monoisotopic (exact) mass is 407 g/mol. The second-order valence-corrected chi connectivity index (χ2v) is 6.74. The third-order valence-corrected chi connectivity index (χ3v) is 4.34. The van der Waals surface area contributed by atoms with Gasteiger partial charge in [0.05, 0.1) is 0 Å². The van der Waals surface area contributed by atoms with Crippen LogP contribution < -0.4 is 10.1 Å². The molecular formula is C22H21N3O5. The van der Waals surface area contributed by atoms with Crippen molar-refractivity contribution in [1.29, 1.82) is 0 Å². The van der Waals surface area contributed by atoms with E-state index in [1.807, 2.05) is 61.5 Å². The first-order valence-corrected chi connectivity index (χ1v) is 9.41. The molecular weight excluding hydrogens is 386 g/mol. The molecule has 0 atom stereocenters. The number of nitrogens with one attached hydrogen (secondary N) is 1. The zero-order valence-corrected chi connectivity index (χ0v) is 16.5. The van der Waals surface area contributed by atoms with Gasteiger partial charge < -0.3 is 14.6 Å². The van der Waals surface area contributed by atoms with Gasteiger partial charge in [0.25, 0.3) is 5.91 Å². The zero-order chi connectivity index (χ0) is 21.3. The van der Waals surface area contributed by atoms with Gasteiger partial charge in [-0.15, -0.1) is 4.91 Å². The molecule has 2 amide bonds. The van der Waals surface area contributed by atoms with Crippen molar-refractivity contribution in [3.05, 3.63) is 76.4 Å². The maximum Gasteiger partial charge on any atom is 0.286 e. The van der Waals surface area contributed by atoms with Gasteiger partial charge in [-0.3, -0.25) is 9.59 Å². The lowest BCUT2D eigenvalue weighted by Gasteiger charge is -2.06. The standard InChI is InChI=1S/C22H21N3O5/c1-15-5-7-18(8-6-15)29-14-19-12-20(25-30-19)17-4-2-3-16(11-17)13-23-21(26)9-10-22(27)24-28/h2-8,11-12H,9-10,13-14H2,1H3,(H,23,26). The van der Waals surface area contributed by atoms with Crippen LogP contribution in [0.2, 0.25) is 0 Å². The van der Waals surface area contributed by atoms with Crippen LogP contribution in [0.4, 0.5) is 0 Å². The molecule has 2 aromatic carbocycles. The second-order valence-electron chi connectivity index (χ2n) is 6.74. The number of rotatable bonds is 9. The van der Waals surface area contributed by atoms with Gasteiger partial charge in [-0.05, 0) is 30.7 Å². The highest BCUT2D eigenvalue weighted by atomic mass is 16.5. The fourth-order valence-electron chi connectivity index (χ4n) is 2.70. The molecule has 0 unspecified atom stereocenters. The Morgan fingerprint density at radius 3 is 2.67 bits per heavy atom. The van der Waals surface area contributed by atoms with E-state index in [1.54, 1.807) is 0 Å². The molecule has 30 heavy (non-hydrogen) atoms. The van der Waals surface area contributed by atoms with Crippen molar-refractivity contribution in [3.8, 4) is 17.0 Å². The van der Waals surface area contributed by atoms with Crippen LogP contribution in [0.25, 0.3) is 11.3 Å². The molecule has 3 aromatic rings. The van der Waals surface area contributed by atoms with Crippen molar-refractivity contribution in [1.82, 2.24) is 10.5 Å². The third kappa shape index (κ3) is 6.10. The minimum absolute atomic E-state index is 0.0715. The van der Waals surface area contributed by atoms with Crippen molar-refractivity contribution >= 4 is 11.8 Å². The Morgan fingerprint density at radius 2 is 1.90 bits per heavy atom. The minimum Gasteiger partial charge on any atom is -0.486 e. The van der Waals surface area contributed by atoms with Crippen LogP contribution in [0.3, 0.4) is 0 Å². The number of carbonyl (C=O) groups excluding carboxylic acids is 2. The van der Waals surface area contributed by atoms with E-state index in [4.69, 9.17) is 9.26 Å². The van der Waals surface area contributed by atoms with Crippen LogP contribution in [0.5, 0.6) is 5.75 Å². The molecule has 154 valence electrons. The number of amides is 2. The summed E-state index contributed by atoms with van der Waals surface area (Å²) in [4.78, 5) is 32.6. The molecule has 1 heterocycles. The molecule has 0 bridgehead atoms. The van der Waals surface area contributed by atoms with Crippen LogP contribution >= 0.6 is 0 Å². The molecule has 0 radical (unpaired) electrons. The molecule has 0 aliphatic carbocycles. The molecule has 8 heteroatoms. The first kappa shape index (κ1) is 20.9. The molecule has 1 aromatic heterocycles. The molecule has 0 spiro atoms. The third-order valence-electron chi connectivity index (χ3n) is 4.34. The molecule has 0 aliphatic heterocycles. The van der Waals surface area contributed by atoms with E-state index in [2.05, 4.69) is 15.7 Å². The number of nitroso groups, excluding NO2 is 1. The summed E-state index contributed by atoms with van der Waals surface area (Å²) in [5, 5.41) is 9.06. The van der Waals surface area contributed by atoms with E-state index in [0.717, 1.165) is 22.4 Å². The molecule has 1 N–H and O–H groups in total. The van der Waals surface area contributed by atoms with Crippen molar-refractivity contribution < 1.29 is 18.8 Å². The molecule has 0 aliphatic rings. The highest BCUT2D eigenvalue weighted by Crippen LogP contribution is 2.21. The maximum atomic E-state index is 11.8. The number of aryl methyl sites for hydroxylation is 1. The van der Waals surface area contributed by atoms with Gasteiger partial charge in [-0.2, -0.15) is 0 Å². The summed E-state index contributed by atoms with van der Waals surface area (Å²) >= 11 is 0. The quantitative estimate of drug-likeness (QED) is 0.538. The van der Waals surface area contributed by atoms with Gasteiger partial charge in [0.15, 0.2) is 5.76 Å². The second kappa shape index (κ2) is 10.1. The normalized spacial score (nSPS) is 10.4. The van der Waals surface area contributed by atoms with Crippen molar-refractivity contribution in [2.45, 2.75) is 32.9 Å². The summed E-state index contributed by atoms with van der Waals surface area (Å²) in [6.07, 6.45) is -0.264. The molecule has 0 saturated heterocycles. The lowest BCUT2D eigenvalue weighted by atomic mass is 10.1. The predicted molar refractivity (Wildman–Crippen MR) is 109 cm³/mol. The predicted octanol–water partition coefficient (Wildman–Crippen LogP) is 3.92. The van der Waals surface area contributed by atoms with Gasteiger partial charge in [0, 0.05) is 36.2 Å². The van der Waals surface area contributed by atoms with E-state index in [9.17, 15) is 14.5 Å². The lowest BCUT2D eigenvalue weighted by molar-refractivity contribution is -0.125. The van der Waals surface area contributed by atoms with Crippen LogP contribution in [-0.2, 0) is 22.7 Å². The fourth-order valence-corrected chi connectivity index (χ4v) is 2.70. The number of hydrogen-bond donors (Lipinski definition) is 1. The average Bonchev–Trinajstić information content (AvgIpc) is 3.25. The summed E-state index contributed by atoms with van der Waals surface area (Å²) < 4.78 is 11.1. The number of carbonyl (C=O) groups is 2. The number of benzene rings is 2. The Labute approximate surface area is 173 Å². The van der Waals surface area contributed by atoms with Crippen LogP contribution in [0, 0.1) is 11.8 Å². The van der Waals surface area contributed by atoms with Gasteiger partial charge in [-0.25, -0.2) is 0 Å². The Hall–Kier alpha value is -3.81. The number of hydrogen-bond acceptors (Lipinski definition) is 6. The Kier molecular flexibility index (Phi) is 7.05. The zero-order valence-electron chi connectivity index (χ0n) is 16.5. The van der Waals surface area contributed by atoms with Gasteiger partial charge in [-0.1, -0.05) is 41.1 Å². The Morgan fingerprint density at radius 1 is 1.10 bits per heavy atom. The minimum atomic E-state index is -0.833. The number of ether oxygens (including phenoxy) is 1. The first-order valence-electron chi connectivity index (χ1n) is 9.41. The van der Waals surface area contributed by atoms with Crippen LogP contribution in [0.1, 0.15) is 29.7 Å². The Balaban J connectivity index is 1.55. The summed E-state index contributed by atoms with van der Waals surface area (Å²) in [7, 11) is 0. The van der Waals surface area contributed by atoms with E-state index in [1.165, 1.54) is 0 Å². The SMILES string of the molecule is Cc1ccc(OCc2cc(-c3cccc(CNC(=O)CCC(=O)N=O)c3)no2)cc1. The highest BCUT2D eigenvalue weighted by molar-refractivity contribution is 5.84. The van der Waals surface area contributed by atoms with Crippen LogP contribution in [-0.4, -0.2) is 17.0 Å². The number of nitrogens with zero attached hydrogens (tertiary/aromatic N) is 2. The van der Waals surface area contributed by atoms with E-state index < -0.39 is 5.91 Å². The summed E-state index contributed by atoms with van der Waals surface area (Å²) in [5.41, 5.74) is 3.52. The van der Waals surface area contributed by atoms with Gasteiger partial charge in [0.1, 0.15) is 18.1 Å². The Bertz CT molecular complexity index is 1030. The molecule has 8 nitrogen and oxygen atoms in total. The van der Waals surface area contributed by atoms with E-state index >= 15 is 0 Å². The fraction of sp³-hybridized carbons (Fsp3) is 0.227. The lowest BCUT2D eigenvalue weighted by Crippen LogP contribution is -2.23. The largest absolute Gasteiger partial charge is 0.486 e. The maximum absolute atomic E-state index is 11.8. The summed E-state index contributed by atoms with van der Waals surface area (Å²) in [6, 6.07) is 17.1. The van der Waals surface area contributed by atoms with Gasteiger partial charge in [0.2, 0.25) is 5.91 Å². The van der Waals surface area contributed by atoms with E-state index in [-0.39, 0.29) is 31.9 Å². The average molecular weight is 407 g/mol. The van der Waals surface area contributed by atoms with Crippen molar-refractivity contribution in [3.63, 3.8) is 0 Å². The van der Waals surface area contributed by atoms with Gasteiger partial charge >= 0.3 is 0 Å². The smallest absolute Gasteiger partial charge is 0.286 e. The van der Waals surface area contributed by atoms with Crippen LogP contribution in [0.15, 0.2) is 64.3 Å². The van der Waals surface area contributed by atoms with Crippen molar-refractivity contribution in [2.24, 2.45) is 5.18 Å². The summed E-state index contributed by atoms with van der Waals surface area (Å²) in [5.74, 6) is 0.189. The van der Waals surface area contributed by atoms with E-state index in [0.29, 0.717) is 11.5 Å². The highest BCUT2D eigenvalue weighted by Gasteiger charge is 2.10. The molecule has 0 saturated carbocycles. The topological polar surface area (TPSA) is 111 Å².